The highest BCUT2D eigenvalue weighted by Crippen LogP contribution is 2.48. The molecule has 1 aromatic heterocycles. The van der Waals surface area contributed by atoms with Crippen LogP contribution in [0.1, 0.15) is 36.2 Å². The quantitative estimate of drug-likeness (QED) is 0.302. The molecular formula is C23H33IN4OS. The molecule has 0 spiro atoms. The Morgan fingerprint density at radius 2 is 1.90 bits per heavy atom. The molecule has 4 rings (SSSR count). The first kappa shape index (κ1) is 23.5. The highest BCUT2D eigenvalue weighted by molar-refractivity contribution is 14.0. The molecule has 2 fully saturated rings. The molecule has 164 valence electrons. The maximum Gasteiger partial charge on any atom is 0.191 e. The predicted molar refractivity (Wildman–Crippen MR) is 136 cm³/mol. The van der Waals surface area contributed by atoms with E-state index in [-0.39, 0.29) is 29.4 Å². The van der Waals surface area contributed by atoms with E-state index >= 15 is 0 Å². The third-order valence-corrected chi connectivity index (χ3v) is 6.92. The third-order valence-electron chi connectivity index (χ3n) is 5.94. The fourth-order valence-electron chi connectivity index (χ4n) is 4.03. The Balaban J connectivity index is 0.00000256. The molecule has 2 heterocycles. The van der Waals surface area contributed by atoms with Crippen molar-refractivity contribution >= 4 is 41.3 Å². The summed E-state index contributed by atoms with van der Waals surface area (Å²) in [5.74, 6) is 0.921. The molecule has 30 heavy (non-hydrogen) atoms. The van der Waals surface area contributed by atoms with Gasteiger partial charge in [0, 0.05) is 36.5 Å². The number of nitrogens with zero attached hydrogens (tertiary/aromatic N) is 2. The van der Waals surface area contributed by atoms with Crippen LogP contribution in [-0.4, -0.2) is 56.8 Å². The number of morpholine rings is 1. The van der Waals surface area contributed by atoms with Crippen molar-refractivity contribution in [2.45, 2.75) is 31.2 Å². The molecule has 1 unspecified atom stereocenters. The molecule has 1 aliphatic carbocycles. The zero-order valence-electron chi connectivity index (χ0n) is 17.7. The number of benzene rings is 1. The number of hydrogen-bond donors (Lipinski definition) is 2. The summed E-state index contributed by atoms with van der Waals surface area (Å²) in [4.78, 5) is 8.90. The number of ether oxygens (including phenoxy) is 1. The van der Waals surface area contributed by atoms with E-state index in [9.17, 15) is 0 Å². The van der Waals surface area contributed by atoms with E-state index in [2.05, 4.69) is 70.3 Å². The summed E-state index contributed by atoms with van der Waals surface area (Å²) in [6, 6.07) is 15.6. The molecule has 1 aliphatic heterocycles. The molecule has 1 saturated carbocycles. The van der Waals surface area contributed by atoms with Crippen LogP contribution in [0.5, 0.6) is 0 Å². The molecule has 0 radical (unpaired) electrons. The summed E-state index contributed by atoms with van der Waals surface area (Å²) in [5, 5.41) is 9.22. The SMILES string of the molecule is CCNC(=NCC1(c2ccccc2)CC1)NCC(c1cccs1)N1CCOCC1.I. The van der Waals surface area contributed by atoms with Crippen LogP contribution in [0.3, 0.4) is 0 Å². The topological polar surface area (TPSA) is 48.9 Å². The van der Waals surface area contributed by atoms with Crippen LogP contribution < -0.4 is 10.6 Å². The summed E-state index contributed by atoms with van der Waals surface area (Å²) in [5.41, 5.74) is 1.66. The van der Waals surface area contributed by atoms with Gasteiger partial charge in [-0.05, 0) is 36.8 Å². The van der Waals surface area contributed by atoms with Crippen molar-refractivity contribution in [3.05, 3.63) is 58.3 Å². The van der Waals surface area contributed by atoms with Crippen molar-refractivity contribution < 1.29 is 4.74 Å². The van der Waals surface area contributed by atoms with Gasteiger partial charge in [0.2, 0.25) is 0 Å². The Morgan fingerprint density at radius 3 is 2.53 bits per heavy atom. The van der Waals surface area contributed by atoms with Gasteiger partial charge in [-0.2, -0.15) is 0 Å². The van der Waals surface area contributed by atoms with Crippen molar-refractivity contribution in [3.63, 3.8) is 0 Å². The number of aliphatic imine (C=N–C) groups is 1. The van der Waals surface area contributed by atoms with Gasteiger partial charge in [-0.25, -0.2) is 0 Å². The number of halogens is 1. The van der Waals surface area contributed by atoms with E-state index in [1.54, 1.807) is 0 Å². The average Bonchev–Trinajstić information content (AvgIpc) is 3.38. The lowest BCUT2D eigenvalue weighted by Gasteiger charge is -2.34. The van der Waals surface area contributed by atoms with Gasteiger partial charge >= 0.3 is 0 Å². The van der Waals surface area contributed by atoms with Gasteiger partial charge in [0.1, 0.15) is 0 Å². The summed E-state index contributed by atoms with van der Waals surface area (Å²) in [6.07, 6.45) is 2.46. The fraction of sp³-hybridized carbons (Fsp3) is 0.522. The highest BCUT2D eigenvalue weighted by Gasteiger charge is 2.44. The van der Waals surface area contributed by atoms with Crippen LogP contribution in [-0.2, 0) is 10.2 Å². The predicted octanol–water partition coefficient (Wildman–Crippen LogP) is 4.03. The van der Waals surface area contributed by atoms with Crippen LogP contribution in [0, 0.1) is 0 Å². The van der Waals surface area contributed by atoms with Gasteiger partial charge in [-0.15, -0.1) is 35.3 Å². The van der Waals surface area contributed by atoms with Crippen molar-refractivity contribution in [1.29, 1.82) is 0 Å². The lowest BCUT2D eigenvalue weighted by molar-refractivity contribution is 0.0177. The summed E-state index contributed by atoms with van der Waals surface area (Å²) in [7, 11) is 0. The Morgan fingerprint density at radius 1 is 1.13 bits per heavy atom. The maximum atomic E-state index is 5.56. The van der Waals surface area contributed by atoms with Gasteiger partial charge in [-0.3, -0.25) is 9.89 Å². The van der Waals surface area contributed by atoms with E-state index in [0.717, 1.165) is 51.9 Å². The molecule has 1 aromatic carbocycles. The largest absolute Gasteiger partial charge is 0.379 e. The van der Waals surface area contributed by atoms with Crippen LogP contribution in [0.25, 0.3) is 0 Å². The molecule has 1 saturated heterocycles. The molecule has 2 aliphatic rings. The minimum atomic E-state index is 0. The van der Waals surface area contributed by atoms with E-state index in [1.807, 2.05) is 11.3 Å². The molecule has 2 aromatic rings. The van der Waals surface area contributed by atoms with E-state index in [1.165, 1.54) is 23.3 Å². The molecule has 2 N–H and O–H groups in total. The molecule has 5 nitrogen and oxygen atoms in total. The monoisotopic (exact) mass is 540 g/mol. The summed E-state index contributed by atoms with van der Waals surface area (Å²) < 4.78 is 5.56. The molecule has 0 bridgehead atoms. The molecular weight excluding hydrogens is 507 g/mol. The second-order valence-corrected chi connectivity index (χ2v) is 8.88. The smallest absolute Gasteiger partial charge is 0.191 e. The number of guanidine groups is 1. The van der Waals surface area contributed by atoms with E-state index in [0.29, 0.717) is 6.04 Å². The van der Waals surface area contributed by atoms with Gasteiger partial charge < -0.3 is 15.4 Å². The highest BCUT2D eigenvalue weighted by atomic mass is 127. The minimum Gasteiger partial charge on any atom is -0.379 e. The van der Waals surface area contributed by atoms with Crippen LogP contribution >= 0.6 is 35.3 Å². The zero-order chi connectivity index (χ0) is 19.9. The van der Waals surface area contributed by atoms with Crippen molar-refractivity contribution in [2.24, 2.45) is 4.99 Å². The Kier molecular flexibility index (Phi) is 8.98. The Hall–Kier alpha value is -1.16. The van der Waals surface area contributed by atoms with Crippen molar-refractivity contribution in [2.75, 3.05) is 45.9 Å². The molecule has 7 heteroatoms. The van der Waals surface area contributed by atoms with Crippen LogP contribution in [0.2, 0.25) is 0 Å². The first-order valence-corrected chi connectivity index (χ1v) is 11.6. The van der Waals surface area contributed by atoms with Crippen LogP contribution in [0.4, 0.5) is 0 Å². The normalized spacial score (nSPS) is 19.6. The standard InChI is InChI=1S/C23H32N4OS.HI/c1-2-24-22(26-18-23(10-11-23)19-7-4-3-5-8-19)25-17-20(21-9-6-16-29-21)27-12-14-28-15-13-27;/h3-9,16,20H,2,10-15,17-18H2,1H3,(H2,24,25,26);1H. The minimum absolute atomic E-state index is 0. The van der Waals surface area contributed by atoms with Crippen molar-refractivity contribution in [1.82, 2.24) is 15.5 Å². The van der Waals surface area contributed by atoms with Gasteiger partial charge in [-0.1, -0.05) is 36.4 Å². The van der Waals surface area contributed by atoms with Crippen LogP contribution in [0.15, 0.2) is 52.8 Å². The summed E-state index contributed by atoms with van der Waals surface area (Å²) in [6.45, 7) is 8.28. The lowest BCUT2D eigenvalue weighted by Crippen LogP contribution is -2.46. The number of rotatable bonds is 8. The Bertz CT molecular complexity index is 774. The molecule has 1 atom stereocenters. The average molecular weight is 541 g/mol. The lowest BCUT2D eigenvalue weighted by atomic mass is 9.96. The second-order valence-electron chi connectivity index (χ2n) is 7.90. The third kappa shape index (κ3) is 5.96. The number of nitrogens with one attached hydrogen (secondary N) is 2. The van der Waals surface area contributed by atoms with Gasteiger partial charge in [0.25, 0.3) is 0 Å². The second kappa shape index (κ2) is 11.5. The summed E-state index contributed by atoms with van der Waals surface area (Å²) >= 11 is 1.83. The fourth-order valence-corrected chi connectivity index (χ4v) is 4.89. The van der Waals surface area contributed by atoms with E-state index in [4.69, 9.17) is 9.73 Å². The van der Waals surface area contributed by atoms with Gasteiger partial charge in [0.05, 0.1) is 25.8 Å². The number of hydrogen-bond acceptors (Lipinski definition) is 4. The first-order chi connectivity index (χ1) is 14.3. The molecule has 0 amide bonds. The van der Waals surface area contributed by atoms with Crippen molar-refractivity contribution in [3.8, 4) is 0 Å². The first-order valence-electron chi connectivity index (χ1n) is 10.7. The Labute approximate surface area is 201 Å². The number of thiophene rings is 1. The van der Waals surface area contributed by atoms with Gasteiger partial charge in [0.15, 0.2) is 5.96 Å². The maximum absolute atomic E-state index is 5.56. The van der Waals surface area contributed by atoms with E-state index < -0.39 is 0 Å². The zero-order valence-corrected chi connectivity index (χ0v) is 20.8.